The van der Waals surface area contributed by atoms with Crippen molar-refractivity contribution < 1.29 is 9.53 Å². The van der Waals surface area contributed by atoms with E-state index in [1.807, 2.05) is 30.3 Å². The van der Waals surface area contributed by atoms with Gasteiger partial charge in [0.25, 0.3) is 0 Å². The third kappa shape index (κ3) is 5.60. The molecule has 23 heavy (non-hydrogen) atoms. The number of nitrogens with zero attached hydrogens (tertiary/aromatic N) is 1. The molecule has 122 valence electrons. The van der Waals surface area contributed by atoms with E-state index in [0.29, 0.717) is 31.7 Å². The Morgan fingerprint density at radius 3 is 2.61 bits per heavy atom. The van der Waals surface area contributed by atoms with Crippen LogP contribution in [0.2, 0.25) is 0 Å². The van der Waals surface area contributed by atoms with Gasteiger partial charge >= 0.3 is 0 Å². The molecule has 0 aliphatic rings. The van der Waals surface area contributed by atoms with Gasteiger partial charge in [-0.1, -0.05) is 12.1 Å². The van der Waals surface area contributed by atoms with Gasteiger partial charge in [0.15, 0.2) is 0 Å². The molecule has 0 atom stereocenters. The van der Waals surface area contributed by atoms with Crippen molar-refractivity contribution in [1.29, 1.82) is 0 Å². The average molecular weight is 314 g/mol. The molecule has 1 aromatic carbocycles. The highest BCUT2D eigenvalue weighted by atomic mass is 16.5. The fraction of sp³-hybridized carbons (Fsp3) is 0.294. The van der Waals surface area contributed by atoms with E-state index < -0.39 is 0 Å². The van der Waals surface area contributed by atoms with Crippen molar-refractivity contribution >= 4 is 17.4 Å². The molecule has 0 saturated carbocycles. The second kappa shape index (κ2) is 8.75. The van der Waals surface area contributed by atoms with Gasteiger partial charge in [0.05, 0.1) is 19.0 Å². The number of carbonyl (C=O) groups is 1. The van der Waals surface area contributed by atoms with Gasteiger partial charge in [-0.3, -0.25) is 4.79 Å². The average Bonchev–Trinajstić information content (AvgIpc) is 2.60. The van der Waals surface area contributed by atoms with Crippen molar-refractivity contribution in [2.45, 2.75) is 19.4 Å². The third-order valence-corrected chi connectivity index (χ3v) is 3.29. The van der Waals surface area contributed by atoms with Gasteiger partial charge in [0, 0.05) is 13.0 Å². The van der Waals surface area contributed by atoms with E-state index in [9.17, 15) is 4.79 Å². The van der Waals surface area contributed by atoms with E-state index in [2.05, 4.69) is 15.6 Å². The molecule has 1 aromatic heterocycles. The predicted octanol–water partition coefficient (Wildman–Crippen LogP) is 2.38. The van der Waals surface area contributed by atoms with E-state index in [1.165, 1.54) is 0 Å². The van der Waals surface area contributed by atoms with Gasteiger partial charge in [-0.2, -0.15) is 0 Å². The van der Waals surface area contributed by atoms with Crippen LogP contribution in [0, 0.1) is 0 Å². The maximum absolute atomic E-state index is 11.6. The first-order valence-electron chi connectivity index (χ1n) is 7.54. The first-order valence-corrected chi connectivity index (χ1v) is 7.54. The number of nitrogens with two attached hydrogens (primary N) is 1. The van der Waals surface area contributed by atoms with Crippen molar-refractivity contribution in [3.05, 3.63) is 48.2 Å². The maximum atomic E-state index is 11.6. The molecular weight excluding hydrogens is 292 g/mol. The minimum atomic E-state index is -0.0677. The Morgan fingerprint density at radius 2 is 2.00 bits per heavy atom. The summed E-state index contributed by atoms with van der Waals surface area (Å²) >= 11 is 0. The summed E-state index contributed by atoms with van der Waals surface area (Å²) in [7, 11) is 1.65. The summed E-state index contributed by atoms with van der Waals surface area (Å²) in [4.78, 5) is 15.8. The van der Waals surface area contributed by atoms with E-state index in [4.69, 9.17) is 10.5 Å². The van der Waals surface area contributed by atoms with Crippen molar-refractivity contribution in [3.63, 3.8) is 0 Å². The Balaban J connectivity index is 1.83. The standard InChI is InChI=1S/C17H22N4O2/c1-23-15-7-4-13(5-8-15)11-19-14-6-9-16(20-12-14)21-17(22)3-2-10-18/h4-9,12,19H,2-3,10-11,18H2,1H3,(H,20,21,22). The Bertz CT molecular complexity index is 611. The number of anilines is 2. The van der Waals surface area contributed by atoms with E-state index >= 15 is 0 Å². The summed E-state index contributed by atoms with van der Waals surface area (Å²) in [5.74, 6) is 1.31. The number of benzene rings is 1. The number of hydrogen-bond acceptors (Lipinski definition) is 5. The normalized spacial score (nSPS) is 10.2. The van der Waals surface area contributed by atoms with E-state index in [1.54, 1.807) is 19.4 Å². The largest absolute Gasteiger partial charge is 0.497 e. The summed E-state index contributed by atoms with van der Waals surface area (Å²) in [6, 6.07) is 11.5. The molecule has 0 saturated heterocycles. The number of carbonyl (C=O) groups excluding carboxylic acids is 1. The molecule has 0 spiro atoms. The highest BCUT2D eigenvalue weighted by molar-refractivity contribution is 5.89. The van der Waals surface area contributed by atoms with E-state index in [-0.39, 0.29) is 5.91 Å². The predicted molar refractivity (Wildman–Crippen MR) is 91.5 cm³/mol. The highest BCUT2D eigenvalue weighted by Gasteiger charge is 2.03. The molecule has 2 aromatic rings. The molecular formula is C17H22N4O2. The summed E-state index contributed by atoms with van der Waals surface area (Å²) in [6.45, 7) is 1.20. The first-order chi connectivity index (χ1) is 11.2. The molecule has 6 nitrogen and oxygen atoms in total. The highest BCUT2D eigenvalue weighted by Crippen LogP contribution is 2.14. The summed E-state index contributed by atoms with van der Waals surface area (Å²) < 4.78 is 5.13. The minimum absolute atomic E-state index is 0.0677. The smallest absolute Gasteiger partial charge is 0.225 e. The van der Waals surface area contributed by atoms with Crippen LogP contribution in [0.15, 0.2) is 42.6 Å². The fourth-order valence-electron chi connectivity index (χ4n) is 1.99. The molecule has 1 heterocycles. The Labute approximate surface area is 136 Å². The first kappa shape index (κ1) is 16.8. The number of hydrogen-bond donors (Lipinski definition) is 3. The lowest BCUT2D eigenvalue weighted by molar-refractivity contribution is -0.116. The van der Waals surface area contributed by atoms with Crippen LogP contribution in [0.3, 0.4) is 0 Å². The molecule has 0 fully saturated rings. The van der Waals surface area contributed by atoms with E-state index in [0.717, 1.165) is 17.0 Å². The van der Waals surface area contributed by atoms with Gasteiger partial charge in [-0.25, -0.2) is 4.98 Å². The zero-order valence-corrected chi connectivity index (χ0v) is 13.2. The number of rotatable bonds is 8. The number of amides is 1. The lowest BCUT2D eigenvalue weighted by atomic mass is 10.2. The number of pyridine rings is 1. The quantitative estimate of drug-likeness (QED) is 0.696. The van der Waals surface area contributed by atoms with Crippen molar-refractivity contribution in [2.75, 3.05) is 24.3 Å². The van der Waals surface area contributed by atoms with Crippen LogP contribution in [-0.4, -0.2) is 24.5 Å². The van der Waals surface area contributed by atoms with Crippen LogP contribution in [0.4, 0.5) is 11.5 Å². The van der Waals surface area contributed by atoms with Gasteiger partial charge in [-0.05, 0) is 42.8 Å². The van der Waals surface area contributed by atoms with Crippen LogP contribution in [0.25, 0.3) is 0 Å². The minimum Gasteiger partial charge on any atom is -0.497 e. The second-order valence-electron chi connectivity index (χ2n) is 5.07. The van der Waals surface area contributed by atoms with Gasteiger partial charge in [0.2, 0.25) is 5.91 Å². The molecule has 6 heteroatoms. The fourth-order valence-corrected chi connectivity index (χ4v) is 1.99. The topological polar surface area (TPSA) is 89.3 Å². The Morgan fingerprint density at radius 1 is 1.22 bits per heavy atom. The van der Waals surface area contributed by atoms with Gasteiger partial charge in [-0.15, -0.1) is 0 Å². The third-order valence-electron chi connectivity index (χ3n) is 3.29. The number of aromatic nitrogens is 1. The van der Waals surface area contributed by atoms with Gasteiger partial charge < -0.3 is 21.1 Å². The van der Waals surface area contributed by atoms with Crippen LogP contribution in [0.1, 0.15) is 18.4 Å². The SMILES string of the molecule is COc1ccc(CNc2ccc(NC(=O)CCCN)nc2)cc1. The molecule has 2 rings (SSSR count). The zero-order valence-electron chi connectivity index (χ0n) is 13.2. The maximum Gasteiger partial charge on any atom is 0.225 e. The molecule has 0 unspecified atom stereocenters. The molecule has 4 N–H and O–H groups in total. The number of methoxy groups -OCH3 is 1. The Kier molecular flexibility index (Phi) is 6.38. The molecule has 1 amide bonds. The molecule has 0 bridgehead atoms. The van der Waals surface area contributed by atoms with Crippen molar-refractivity contribution in [1.82, 2.24) is 4.98 Å². The van der Waals surface area contributed by atoms with Gasteiger partial charge in [0.1, 0.15) is 11.6 Å². The van der Waals surface area contributed by atoms with Crippen LogP contribution in [0.5, 0.6) is 5.75 Å². The molecule has 0 aliphatic carbocycles. The zero-order chi connectivity index (χ0) is 16.5. The van der Waals surface area contributed by atoms with Crippen LogP contribution in [-0.2, 0) is 11.3 Å². The second-order valence-corrected chi connectivity index (χ2v) is 5.07. The summed E-state index contributed by atoms with van der Waals surface area (Å²) in [5.41, 5.74) is 7.41. The number of ether oxygens (including phenoxy) is 1. The van der Waals surface area contributed by atoms with Crippen molar-refractivity contribution in [2.24, 2.45) is 5.73 Å². The number of nitrogens with one attached hydrogen (secondary N) is 2. The summed E-state index contributed by atoms with van der Waals surface area (Å²) in [6.07, 6.45) is 2.78. The van der Waals surface area contributed by atoms with Crippen LogP contribution >= 0.6 is 0 Å². The summed E-state index contributed by atoms with van der Waals surface area (Å²) in [5, 5.41) is 6.02. The van der Waals surface area contributed by atoms with Crippen LogP contribution < -0.4 is 21.1 Å². The lowest BCUT2D eigenvalue weighted by Gasteiger charge is -2.08. The lowest BCUT2D eigenvalue weighted by Crippen LogP contribution is -2.14. The monoisotopic (exact) mass is 314 g/mol. The van der Waals surface area contributed by atoms with Crippen molar-refractivity contribution in [3.8, 4) is 5.75 Å². The Hall–Kier alpha value is -2.60. The molecule has 0 aliphatic heterocycles. The molecule has 0 radical (unpaired) electrons.